The molecule has 1 aliphatic carbocycles. The molecule has 1 rings (SSSR count). The summed E-state index contributed by atoms with van der Waals surface area (Å²) < 4.78 is 5.19. The molecule has 47 valence electrons. The maximum atomic E-state index is 9.85. The number of hydrogen-bond donors (Lipinski definition) is 0. The summed E-state index contributed by atoms with van der Waals surface area (Å²) in [6, 6.07) is 0. The molecule has 1 radical (unpaired) electrons. The van der Waals surface area contributed by atoms with Crippen molar-refractivity contribution in [3.63, 3.8) is 0 Å². The Balaban J connectivity index is 1.74. The Bertz CT molecular complexity index is 59.5. The lowest BCUT2D eigenvalue weighted by atomic mass is 10.5. The van der Waals surface area contributed by atoms with Crippen molar-refractivity contribution in [2.45, 2.75) is 25.4 Å². The van der Waals surface area contributed by atoms with Gasteiger partial charge in [0.15, 0.2) is 0 Å². The van der Waals surface area contributed by atoms with E-state index in [9.17, 15) is 5.11 Å². The molecule has 0 amide bonds. The van der Waals surface area contributed by atoms with Gasteiger partial charge in [-0.3, -0.25) is 0 Å². The SMILES string of the molecule is [O]CCCOC1CC1. The third-order valence-electron chi connectivity index (χ3n) is 1.17. The molecule has 1 saturated carbocycles. The number of hydrogen-bond acceptors (Lipinski definition) is 1. The first-order valence-corrected chi connectivity index (χ1v) is 3.13. The summed E-state index contributed by atoms with van der Waals surface area (Å²) in [7, 11) is 0. The van der Waals surface area contributed by atoms with E-state index >= 15 is 0 Å². The highest BCUT2D eigenvalue weighted by molar-refractivity contribution is 4.72. The van der Waals surface area contributed by atoms with E-state index in [1.807, 2.05) is 0 Å². The van der Waals surface area contributed by atoms with Crippen LogP contribution >= 0.6 is 0 Å². The Morgan fingerprint density at radius 2 is 2.25 bits per heavy atom. The normalized spacial score (nSPS) is 19.1. The first-order chi connectivity index (χ1) is 3.93. The zero-order valence-corrected chi connectivity index (χ0v) is 4.93. The number of rotatable bonds is 4. The van der Waals surface area contributed by atoms with Crippen LogP contribution in [0.25, 0.3) is 0 Å². The molecular formula is C6H11O2. The van der Waals surface area contributed by atoms with E-state index < -0.39 is 0 Å². The molecule has 0 aromatic rings. The van der Waals surface area contributed by atoms with Crippen LogP contribution in [0.2, 0.25) is 0 Å². The molecule has 0 aromatic heterocycles. The van der Waals surface area contributed by atoms with Crippen molar-refractivity contribution < 1.29 is 9.84 Å². The lowest BCUT2D eigenvalue weighted by Gasteiger charge is -1.95. The van der Waals surface area contributed by atoms with E-state index in [0.717, 1.165) is 0 Å². The molecule has 1 aliphatic rings. The molecule has 0 heterocycles. The van der Waals surface area contributed by atoms with Crippen molar-refractivity contribution in [2.24, 2.45) is 0 Å². The van der Waals surface area contributed by atoms with Gasteiger partial charge in [-0.15, -0.1) is 0 Å². The molecule has 0 unspecified atom stereocenters. The van der Waals surface area contributed by atoms with Crippen LogP contribution in [0.15, 0.2) is 0 Å². The minimum Gasteiger partial charge on any atom is -0.378 e. The lowest BCUT2D eigenvalue weighted by Crippen LogP contribution is -1.97. The van der Waals surface area contributed by atoms with E-state index in [2.05, 4.69) is 0 Å². The fourth-order valence-corrected chi connectivity index (χ4v) is 0.544. The van der Waals surface area contributed by atoms with Crippen LogP contribution in [0, 0.1) is 0 Å². The second kappa shape index (κ2) is 3.05. The monoisotopic (exact) mass is 115 g/mol. The standard InChI is InChI=1S/C6H11O2/c7-4-1-5-8-6-2-3-6/h6H,1-5H2. The van der Waals surface area contributed by atoms with Gasteiger partial charge in [0.05, 0.1) is 12.7 Å². The Morgan fingerprint density at radius 1 is 1.50 bits per heavy atom. The van der Waals surface area contributed by atoms with Gasteiger partial charge in [-0.05, 0) is 19.3 Å². The first-order valence-electron chi connectivity index (χ1n) is 3.13. The van der Waals surface area contributed by atoms with Gasteiger partial charge in [-0.25, -0.2) is 5.11 Å². The Labute approximate surface area is 49.5 Å². The van der Waals surface area contributed by atoms with Gasteiger partial charge in [0.1, 0.15) is 0 Å². The van der Waals surface area contributed by atoms with Crippen LogP contribution < -0.4 is 0 Å². The molecular weight excluding hydrogens is 104 g/mol. The van der Waals surface area contributed by atoms with E-state index in [0.29, 0.717) is 19.1 Å². The molecule has 0 bridgehead atoms. The van der Waals surface area contributed by atoms with Crippen molar-refractivity contribution in [2.75, 3.05) is 13.2 Å². The van der Waals surface area contributed by atoms with E-state index in [1.54, 1.807) is 0 Å². The average molecular weight is 115 g/mol. The van der Waals surface area contributed by atoms with E-state index in [1.165, 1.54) is 12.8 Å². The second-order valence-electron chi connectivity index (χ2n) is 2.13. The molecule has 8 heavy (non-hydrogen) atoms. The van der Waals surface area contributed by atoms with Gasteiger partial charge in [-0.1, -0.05) is 0 Å². The van der Waals surface area contributed by atoms with Crippen LogP contribution in [-0.2, 0) is 9.84 Å². The fraction of sp³-hybridized carbons (Fsp3) is 1.00. The smallest absolute Gasteiger partial charge is 0.0844 e. The molecule has 0 aliphatic heterocycles. The third-order valence-corrected chi connectivity index (χ3v) is 1.17. The summed E-state index contributed by atoms with van der Waals surface area (Å²) in [4.78, 5) is 0. The molecule has 2 heteroatoms. The zero-order valence-electron chi connectivity index (χ0n) is 4.93. The van der Waals surface area contributed by atoms with Crippen LogP contribution in [0.3, 0.4) is 0 Å². The molecule has 0 spiro atoms. The molecule has 2 nitrogen and oxygen atoms in total. The van der Waals surface area contributed by atoms with Gasteiger partial charge in [-0.2, -0.15) is 0 Å². The molecule has 0 saturated heterocycles. The third kappa shape index (κ3) is 2.28. The first kappa shape index (κ1) is 6.05. The van der Waals surface area contributed by atoms with Gasteiger partial charge in [0.25, 0.3) is 0 Å². The highest BCUT2D eigenvalue weighted by Gasteiger charge is 2.21. The minimum atomic E-state index is 0.00667. The van der Waals surface area contributed by atoms with Crippen molar-refractivity contribution in [1.29, 1.82) is 0 Å². The highest BCUT2D eigenvalue weighted by Crippen LogP contribution is 2.23. The van der Waals surface area contributed by atoms with Crippen molar-refractivity contribution >= 4 is 0 Å². The van der Waals surface area contributed by atoms with Crippen LogP contribution in [-0.4, -0.2) is 19.3 Å². The predicted octanol–water partition coefficient (Wildman–Crippen LogP) is 0.986. The predicted molar refractivity (Wildman–Crippen MR) is 29.1 cm³/mol. The molecule has 1 fully saturated rings. The summed E-state index contributed by atoms with van der Waals surface area (Å²) in [6.07, 6.45) is 3.61. The minimum absolute atomic E-state index is 0.00667. The average Bonchev–Trinajstić information content (AvgIpc) is 2.51. The second-order valence-corrected chi connectivity index (χ2v) is 2.13. The lowest BCUT2D eigenvalue weighted by molar-refractivity contribution is 0.0887. The maximum absolute atomic E-state index is 9.85. The Hall–Kier alpha value is -0.0800. The van der Waals surface area contributed by atoms with Crippen molar-refractivity contribution in [1.82, 2.24) is 0 Å². The topological polar surface area (TPSA) is 29.1 Å². The zero-order chi connectivity index (χ0) is 5.82. The quantitative estimate of drug-likeness (QED) is 0.502. The van der Waals surface area contributed by atoms with Crippen molar-refractivity contribution in [3.05, 3.63) is 0 Å². The van der Waals surface area contributed by atoms with Crippen molar-refractivity contribution in [3.8, 4) is 0 Å². The molecule has 0 N–H and O–H groups in total. The number of ether oxygens (including phenoxy) is 1. The van der Waals surface area contributed by atoms with E-state index in [-0.39, 0.29) is 6.61 Å². The summed E-state index contributed by atoms with van der Waals surface area (Å²) in [6.45, 7) is 0.681. The van der Waals surface area contributed by atoms with Gasteiger partial charge >= 0.3 is 0 Å². The fourth-order valence-electron chi connectivity index (χ4n) is 0.544. The summed E-state index contributed by atoms with van der Waals surface area (Å²) in [5.74, 6) is 0. The molecule has 0 atom stereocenters. The summed E-state index contributed by atoms with van der Waals surface area (Å²) in [5, 5.41) is 9.85. The van der Waals surface area contributed by atoms with Crippen LogP contribution in [0.1, 0.15) is 19.3 Å². The highest BCUT2D eigenvalue weighted by atomic mass is 16.5. The van der Waals surface area contributed by atoms with E-state index in [4.69, 9.17) is 4.74 Å². The largest absolute Gasteiger partial charge is 0.378 e. The van der Waals surface area contributed by atoms with Crippen LogP contribution in [0.5, 0.6) is 0 Å². The summed E-state index contributed by atoms with van der Waals surface area (Å²) >= 11 is 0. The Kier molecular flexibility index (Phi) is 2.30. The molecule has 0 aromatic carbocycles. The van der Waals surface area contributed by atoms with Gasteiger partial charge in [0.2, 0.25) is 0 Å². The summed E-state index contributed by atoms with van der Waals surface area (Å²) in [5.41, 5.74) is 0. The maximum Gasteiger partial charge on any atom is 0.0844 e. The van der Waals surface area contributed by atoms with Gasteiger partial charge < -0.3 is 4.74 Å². The van der Waals surface area contributed by atoms with Crippen LogP contribution in [0.4, 0.5) is 0 Å². The van der Waals surface area contributed by atoms with Gasteiger partial charge in [0, 0.05) is 6.61 Å². The Morgan fingerprint density at radius 3 is 2.75 bits per heavy atom.